The van der Waals surface area contributed by atoms with Gasteiger partial charge in [-0.25, -0.2) is 0 Å². The predicted molar refractivity (Wildman–Crippen MR) is 195 cm³/mol. The third-order valence-electron chi connectivity index (χ3n) is 8.56. The van der Waals surface area contributed by atoms with Gasteiger partial charge < -0.3 is 0 Å². The number of isothiocyanates is 2. The molecule has 0 saturated heterocycles. The maximum atomic E-state index is 7.65. The molecule has 240 valence electrons. The van der Waals surface area contributed by atoms with E-state index in [0.29, 0.717) is 0 Å². The zero-order valence-electron chi connectivity index (χ0n) is 27.9. The van der Waals surface area contributed by atoms with Crippen LogP contribution in [0.2, 0.25) is 17.7 Å². The molecule has 0 fully saturated rings. The molecule has 0 N–H and O–H groups in total. The normalized spacial score (nSPS) is 11.8. The van der Waals surface area contributed by atoms with E-state index in [-0.39, 0.29) is 0 Å². The summed E-state index contributed by atoms with van der Waals surface area (Å²) in [5.74, 6) is 0. The van der Waals surface area contributed by atoms with Crippen LogP contribution in [-0.2, 0) is 1.41 Å². The fourth-order valence-corrected chi connectivity index (χ4v) is 47.6. The SMILES string of the molecule is CCCCCCC[CH2][Sn]([CH2]CCCCCCC)([N]=C=S)[O][Sn]([CH2]CCCCCCC)([CH2]CCCCCCC)[N]=C=S. The summed E-state index contributed by atoms with van der Waals surface area (Å²) in [5.41, 5.74) is 0. The fraction of sp³-hybridized carbons (Fsp3) is 0.941. The van der Waals surface area contributed by atoms with E-state index >= 15 is 0 Å². The van der Waals surface area contributed by atoms with Crippen LogP contribution in [0, 0.1) is 0 Å². The first-order valence-corrected chi connectivity index (χ1v) is 31.7. The zero-order chi connectivity index (χ0) is 30.3. The van der Waals surface area contributed by atoms with Crippen molar-refractivity contribution in [2.75, 3.05) is 0 Å². The quantitative estimate of drug-likeness (QED) is 0.0293. The van der Waals surface area contributed by atoms with E-state index in [1.54, 1.807) is 0 Å². The molecule has 0 radical (unpaired) electrons. The molecule has 0 atom stereocenters. The molecule has 0 bridgehead atoms. The Labute approximate surface area is 277 Å². The first kappa shape index (κ1) is 42.2. The van der Waals surface area contributed by atoms with Gasteiger partial charge in [-0.05, 0) is 0 Å². The number of nitrogens with zero attached hydrogens (tertiary/aromatic N) is 2. The molecule has 0 aliphatic rings. The van der Waals surface area contributed by atoms with E-state index in [2.05, 4.69) is 38.0 Å². The second-order valence-corrected chi connectivity index (χ2v) is 35.1. The van der Waals surface area contributed by atoms with Crippen LogP contribution in [0.1, 0.15) is 182 Å². The van der Waals surface area contributed by atoms with Crippen molar-refractivity contribution in [3.05, 3.63) is 0 Å². The van der Waals surface area contributed by atoms with Gasteiger partial charge in [0.15, 0.2) is 0 Å². The van der Waals surface area contributed by atoms with Crippen molar-refractivity contribution >= 4 is 72.9 Å². The Morgan fingerprint density at radius 2 is 0.610 bits per heavy atom. The first-order valence-electron chi connectivity index (χ1n) is 18.0. The Morgan fingerprint density at radius 3 is 0.829 bits per heavy atom. The second kappa shape index (κ2) is 31.2. The molecule has 3 nitrogen and oxygen atoms in total. The topological polar surface area (TPSA) is 34.0 Å². The Hall–Kier alpha value is 1.16. The van der Waals surface area contributed by atoms with Gasteiger partial charge in [-0.2, -0.15) is 0 Å². The van der Waals surface area contributed by atoms with Gasteiger partial charge in [0.25, 0.3) is 0 Å². The third kappa shape index (κ3) is 24.1. The molecule has 0 aromatic carbocycles. The van der Waals surface area contributed by atoms with Crippen molar-refractivity contribution in [3.8, 4) is 0 Å². The molecule has 0 spiro atoms. The Morgan fingerprint density at radius 1 is 0.390 bits per heavy atom. The molecule has 0 aliphatic carbocycles. The zero-order valence-corrected chi connectivity index (χ0v) is 35.3. The van der Waals surface area contributed by atoms with Crippen LogP contribution in [0.4, 0.5) is 0 Å². The van der Waals surface area contributed by atoms with Crippen molar-refractivity contribution in [2.24, 2.45) is 6.43 Å². The Kier molecular flexibility index (Phi) is 32.0. The predicted octanol–water partition coefficient (Wildman–Crippen LogP) is 13.5. The van der Waals surface area contributed by atoms with Crippen LogP contribution in [0.25, 0.3) is 0 Å². The summed E-state index contributed by atoms with van der Waals surface area (Å²) in [7, 11) is 0. The van der Waals surface area contributed by atoms with Gasteiger partial charge in [0, 0.05) is 0 Å². The van der Waals surface area contributed by atoms with Gasteiger partial charge in [0.2, 0.25) is 0 Å². The molecular formula is C34H68N2OS2Sn2. The summed E-state index contributed by atoms with van der Waals surface area (Å²) in [6, 6.07) is 0. The van der Waals surface area contributed by atoms with Crippen LogP contribution in [0.3, 0.4) is 0 Å². The molecule has 0 rings (SSSR count). The molecule has 0 unspecified atom stereocenters. The summed E-state index contributed by atoms with van der Waals surface area (Å²) < 4.78 is 22.5. The molecule has 0 amide bonds. The van der Waals surface area contributed by atoms with Gasteiger partial charge >= 0.3 is 280 Å². The van der Waals surface area contributed by atoms with Crippen molar-refractivity contribution in [1.82, 2.24) is 0 Å². The molecule has 0 heterocycles. The molecule has 0 aromatic rings. The third-order valence-corrected chi connectivity index (χ3v) is 42.3. The average molecular weight is 822 g/mol. The number of unbranched alkanes of at least 4 members (excludes halogenated alkanes) is 20. The standard InChI is InChI=1S/4C8H17.2CNS.O.2Sn/c4*1-3-5-7-8-6-4-2;2*2-1-3;;;/h4*1,3-8H2,2H3;;;;;/q;;;;2*-1;;2*+1. The summed E-state index contributed by atoms with van der Waals surface area (Å²) in [6.07, 6.45) is 31.4. The summed E-state index contributed by atoms with van der Waals surface area (Å²) in [4.78, 5) is 0. The fourth-order valence-electron chi connectivity index (χ4n) is 5.97. The van der Waals surface area contributed by atoms with Gasteiger partial charge in [-0.3, -0.25) is 0 Å². The summed E-state index contributed by atoms with van der Waals surface area (Å²) >= 11 is 3.85. The van der Waals surface area contributed by atoms with E-state index in [1.165, 1.54) is 154 Å². The van der Waals surface area contributed by atoms with E-state index in [4.69, 9.17) is 32.3 Å². The molecule has 0 aliphatic heterocycles. The van der Waals surface area contributed by atoms with Crippen molar-refractivity contribution in [1.29, 1.82) is 0 Å². The maximum absolute atomic E-state index is 7.65. The van der Waals surface area contributed by atoms with E-state index < -0.39 is 38.1 Å². The van der Waals surface area contributed by atoms with Gasteiger partial charge in [-0.15, -0.1) is 0 Å². The van der Waals surface area contributed by atoms with E-state index in [0.717, 1.165) is 17.7 Å². The van der Waals surface area contributed by atoms with Gasteiger partial charge in [0.1, 0.15) is 0 Å². The van der Waals surface area contributed by atoms with E-state index in [9.17, 15) is 0 Å². The monoisotopic (exact) mass is 824 g/mol. The van der Waals surface area contributed by atoms with Crippen molar-refractivity contribution in [3.63, 3.8) is 0 Å². The second-order valence-electron chi connectivity index (χ2n) is 12.5. The van der Waals surface area contributed by atoms with Crippen LogP contribution in [0.15, 0.2) is 6.43 Å². The summed E-state index contributed by atoms with van der Waals surface area (Å²) in [6.45, 7) is 9.17. The van der Waals surface area contributed by atoms with Gasteiger partial charge in [0.05, 0.1) is 0 Å². The number of thiocarbonyl (C=S) groups is 2. The van der Waals surface area contributed by atoms with Crippen LogP contribution in [-0.4, -0.2) is 48.5 Å². The summed E-state index contributed by atoms with van der Waals surface area (Å²) in [5, 5.41) is 5.80. The minimum absolute atomic E-state index is 1.15. The molecule has 41 heavy (non-hydrogen) atoms. The number of rotatable bonds is 32. The molecule has 7 heteroatoms. The Bertz CT molecular complexity index is 594. The van der Waals surface area contributed by atoms with Gasteiger partial charge in [-0.1, -0.05) is 0 Å². The Balaban J connectivity index is 5.80. The van der Waals surface area contributed by atoms with Crippen LogP contribution < -0.4 is 0 Å². The molecular weight excluding hydrogens is 754 g/mol. The van der Waals surface area contributed by atoms with E-state index in [1.807, 2.05) is 0 Å². The number of hydrogen-bond donors (Lipinski definition) is 0. The molecule has 0 aromatic heterocycles. The average Bonchev–Trinajstić information content (AvgIpc) is 2.96. The minimum atomic E-state index is -3.41. The molecule has 0 saturated carbocycles. The van der Waals surface area contributed by atoms with Crippen LogP contribution >= 0.6 is 24.4 Å². The van der Waals surface area contributed by atoms with Crippen molar-refractivity contribution in [2.45, 2.75) is 200 Å². The first-order chi connectivity index (χ1) is 20.1. The van der Waals surface area contributed by atoms with Crippen molar-refractivity contribution < 1.29 is 1.41 Å². The number of hydrogen-bond acceptors (Lipinski definition) is 5. The van der Waals surface area contributed by atoms with Crippen LogP contribution in [0.5, 0.6) is 0 Å².